The molecule has 0 heterocycles. The van der Waals surface area contributed by atoms with E-state index in [0.29, 0.717) is 18.0 Å². The van der Waals surface area contributed by atoms with Crippen molar-refractivity contribution < 1.29 is 13.5 Å². The van der Waals surface area contributed by atoms with Crippen molar-refractivity contribution in [2.24, 2.45) is 11.3 Å². The van der Waals surface area contributed by atoms with Gasteiger partial charge in [0.15, 0.2) is 0 Å². The van der Waals surface area contributed by atoms with Gasteiger partial charge in [0.05, 0.1) is 4.90 Å². The second kappa shape index (κ2) is 7.08. The van der Waals surface area contributed by atoms with Gasteiger partial charge in [0.25, 0.3) is 0 Å². The highest BCUT2D eigenvalue weighted by atomic mass is 32.2. The van der Waals surface area contributed by atoms with Crippen molar-refractivity contribution in [3.63, 3.8) is 0 Å². The number of aliphatic hydroxyl groups is 1. The molecule has 0 saturated carbocycles. The van der Waals surface area contributed by atoms with Crippen LogP contribution in [0.25, 0.3) is 0 Å². The molecular formula is C16H23NO3S. The summed E-state index contributed by atoms with van der Waals surface area (Å²) in [5, 5.41) is 8.75. The van der Waals surface area contributed by atoms with Gasteiger partial charge in [-0.05, 0) is 23.5 Å². The van der Waals surface area contributed by atoms with Gasteiger partial charge in [0, 0.05) is 12.1 Å². The average Bonchev–Trinajstić information content (AvgIpc) is 2.43. The Labute approximate surface area is 127 Å². The topological polar surface area (TPSA) is 66.4 Å². The van der Waals surface area contributed by atoms with Gasteiger partial charge in [-0.25, -0.2) is 13.1 Å². The molecule has 0 radical (unpaired) electrons. The highest BCUT2D eigenvalue weighted by Crippen LogP contribution is 2.25. The molecule has 0 aliphatic heterocycles. The van der Waals surface area contributed by atoms with Crippen molar-refractivity contribution in [1.82, 2.24) is 4.72 Å². The molecule has 2 N–H and O–H groups in total. The van der Waals surface area contributed by atoms with Crippen LogP contribution in [-0.2, 0) is 10.0 Å². The van der Waals surface area contributed by atoms with E-state index in [1.54, 1.807) is 18.2 Å². The first-order valence-corrected chi connectivity index (χ1v) is 8.37. The maximum atomic E-state index is 12.4. The Morgan fingerprint density at radius 1 is 1.29 bits per heavy atom. The smallest absolute Gasteiger partial charge is 0.241 e. The molecular weight excluding hydrogens is 286 g/mol. The van der Waals surface area contributed by atoms with Crippen molar-refractivity contribution in [3.8, 4) is 11.8 Å². The lowest BCUT2D eigenvalue weighted by Crippen LogP contribution is -2.37. The Bertz CT molecular complexity index is 637. The largest absolute Gasteiger partial charge is 0.384 e. The Kier molecular flexibility index (Phi) is 5.97. The molecule has 0 aromatic heterocycles. The number of aliphatic hydroxyl groups excluding tert-OH is 1. The molecule has 1 aromatic rings. The third kappa shape index (κ3) is 4.85. The van der Waals surface area contributed by atoms with Gasteiger partial charge in [-0.1, -0.05) is 51.7 Å². The van der Waals surface area contributed by atoms with Crippen molar-refractivity contribution in [3.05, 3.63) is 29.8 Å². The highest BCUT2D eigenvalue weighted by Gasteiger charge is 2.26. The summed E-state index contributed by atoms with van der Waals surface area (Å²) < 4.78 is 27.5. The molecule has 0 unspecified atom stereocenters. The normalized spacial score (nSPS) is 12.1. The number of rotatable bonds is 5. The van der Waals surface area contributed by atoms with Crippen LogP contribution in [0.3, 0.4) is 0 Å². The summed E-state index contributed by atoms with van der Waals surface area (Å²) in [4.78, 5) is 0.144. The van der Waals surface area contributed by atoms with Crippen LogP contribution >= 0.6 is 0 Å². The summed E-state index contributed by atoms with van der Waals surface area (Å²) in [5.74, 6) is 5.50. The van der Waals surface area contributed by atoms with E-state index in [4.69, 9.17) is 5.11 Å². The molecule has 4 nitrogen and oxygen atoms in total. The van der Waals surface area contributed by atoms with Crippen LogP contribution in [0.5, 0.6) is 0 Å². The van der Waals surface area contributed by atoms with Crippen molar-refractivity contribution in [2.45, 2.75) is 32.6 Å². The van der Waals surface area contributed by atoms with E-state index in [-0.39, 0.29) is 16.9 Å². The minimum atomic E-state index is -3.62. The van der Waals surface area contributed by atoms with Crippen molar-refractivity contribution in [2.75, 3.05) is 13.2 Å². The molecule has 0 aliphatic rings. The summed E-state index contributed by atoms with van der Waals surface area (Å²) in [5.41, 5.74) is 0.250. The summed E-state index contributed by atoms with van der Waals surface area (Å²) in [7, 11) is -3.62. The third-order valence-electron chi connectivity index (χ3n) is 3.76. The number of hydrogen-bond acceptors (Lipinski definition) is 3. The number of benzene rings is 1. The predicted octanol–water partition coefficient (Wildman–Crippen LogP) is 1.99. The molecule has 0 aliphatic carbocycles. The molecule has 116 valence electrons. The first-order valence-electron chi connectivity index (χ1n) is 6.89. The summed E-state index contributed by atoms with van der Waals surface area (Å²) in [6.07, 6.45) is 0. The van der Waals surface area contributed by atoms with E-state index in [1.165, 1.54) is 6.07 Å². The maximum Gasteiger partial charge on any atom is 0.241 e. The Morgan fingerprint density at radius 2 is 1.90 bits per heavy atom. The molecule has 0 saturated heterocycles. The zero-order chi connectivity index (χ0) is 16.1. The summed E-state index contributed by atoms with van der Waals surface area (Å²) in [6, 6.07) is 6.53. The predicted molar refractivity (Wildman–Crippen MR) is 84.2 cm³/mol. The van der Waals surface area contributed by atoms with Crippen LogP contribution in [0.1, 0.15) is 33.3 Å². The van der Waals surface area contributed by atoms with Gasteiger partial charge in [-0.3, -0.25) is 0 Å². The minimum absolute atomic E-state index is 0.140. The molecule has 0 bridgehead atoms. The number of nitrogens with one attached hydrogen (secondary N) is 1. The standard InChI is InChI=1S/C16H23NO3S/c1-13(2)16(3,4)12-17-21(19,20)15-10-6-5-8-14(15)9-7-11-18/h5-6,8,10,13,17-18H,11-12H2,1-4H3. The fourth-order valence-electron chi connectivity index (χ4n) is 1.50. The highest BCUT2D eigenvalue weighted by molar-refractivity contribution is 7.89. The zero-order valence-electron chi connectivity index (χ0n) is 13.0. The molecule has 0 atom stereocenters. The van der Waals surface area contributed by atoms with Crippen LogP contribution < -0.4 is 4.72 Å². The monoisotopic (exact) mass is 309 g/mol. The lowest BCUT2D eigenvalue weighted by Gasteiger charge is -2.29. The summed E-state index contributed by atoms with van der Waals surface area (Å²) >= 11 is 0. The number of sulfonamides is 1. The van der Waals surface area contributed by atoms with E-state index in [0.717, 1.165) is 0 Å². The lowest BCUT2D eigenvalue weighted by atomic mass is 9.81. The molecule has 1 rings (SSSR count). The first kappa shape index (κ1) is 17.7. The van der Waals surface area contributed by atoms with Gasteiger partial charge in [0.2, 0.25) is 10.0 Å². The fourth-order valence-corrected chi connectivity index (χ4v) is 2.89. The van der Waals surface area contributed by atoms with E-state index < -0.39 is 10.0 Å². The van der Waals surface area contributed by atoms with Crippen LogP contribution in [-0.4, -0.2) is 26.7 Å². The maximum absolute atomic E-state index is 12.4. The quantitative estimate of drug-likeness (QED) is 0.818. The third-order valence-corrected chi connectivity index (χ3v) is 5.22. The van der Waals surface area contributed by atoms with E-state index in [9.17, 15) is 8.42 Å². The van der Waals surface area contributed by atoms with Gasteiger partial charge in [0.1, 0.15) is 6.61 Å². The molecule has 0 amide bonds. The average molecular weight is 309 g/mol. The van der Waals surface area contributed by atoms with Crippen molar-refractivity contribution in [1.29, 1.82) is 0 Å². The molecule has 1 aromatic carbocycles. The fraction of sp³-hybridized carbons (Fsp3) is 0.500. The zero-order valence-corrected chi connectivity index (χ0v) is 13.8. The second-order valence-electron chi connectivity index (χ2n) is 5.92. The molecule has 0 fully saturated rings. The van der Waals surface area contributed by atoms with E-state index in [2.05, 4.69) is 30.4 Å². The summed E-state index contributed by atoms with van der Waals surface area (Å²) in [6.45, 7) is 8.23. The first-order chi connectivity index (χ1) is 9.70. The SMILES string of the molecule is CC(C)C(C)(C)CNS(=O)(=O)c1ccccc1C#CCO. The van der Waals surface area contributed by atoms with Gasteiger partial charge in [-0.15, -0.1) is 0 Å². The minimum Gasteiger partial charge on any atom is -0.384 e. The molecule has 0 spiro atoms. The Balaban J connectivity index is 3.04. The van der Waals surface area contributed by atoms with Crippen LogP contribution in [0.15, 0.2) is 29.2 Å². The number of hydrogen-bond donors (Lipinski definition) is 2. The van der Waals surface area contributed by atoms with Gasteiger partial charge in [-0.2, -0.15) is 0 Å². The van der Waals surface area contributed by atoms with Crippen molar-refractivity contribution >= 4 is 10.0 Å². The molecule has 21 heavy (non-hydrogen) atoms. The van der Waals surface area contributed by atoms with Crippen LogP contribution in [0, 0.1) is 23.2 Å². The van der Waals surface area contributed by atoms with Crippen LogP contribution in [0.4, 0.5) is 0 Å². The van der Waals surface area contributed by atoms with E-state index >= 15 is 0 Å². The van der Waals surface area contributed by atoms with Gasteiger partial charge < -0.3 is 5.11 Å². The van der Waals surface area contributed by atoms with Gasteiger partial charge >= 0.3 is 0 Å². The Morgan fingerprint density at radius 3 is 2.48 bits per heavy atom. The molecule has 5 heteroatoms. The van der Waals surface area contributed by atoms with E-state index in [1.807, 2.05) is 13.8 Å². The Hall–Kier alpha value is -1.35. The van der Waals surface area contributed by atoms with Crippen LogP contribution in [0.2, 0.25) is 0 Å². The second-order valence-corrected chi connectivity index (χ2v) is 7.66. The lowest BCUT2D eigenvalue weighted by molar-refractivity contribution is 0.252.